The van der Waals surface area contributed by atoms with Crippen LogP contribution in [0, 0.1) is 11.8 Å². The summed E-state index contributed by atoms with van der Waals surface area (Å²) in [5, 5.41) is 4.64. The van der Waals surface area contributed by atoms with Crippen LogP contribution in [0.3, 0.4) is 0 Å². The fraction of sp³-hybridized carbons (Fsp3) is 0.304. The molecule has 0 fully saturated rings. The number of fused-ring (bicyclic) bond motifs is 1. The van der Waals surface area contributed by atoms with Crippen molar-refractivity contribution in [2.75, 3.05) is 11.9 Å². The van der Waals surface area contributed by atoms with Crippen LogP contribution < -0.4 is 5.32 Å². The van der Waals surface area contributed by atoms with Gasteiger partial charge >= 0.3 is 0 Å². The average molecular weight is 330 g/mol. The van der Waals surface area contributed by atoms with Gasteiger partial charge in [0.1, 0.15) is 0 Å². The molecule has 1 N–H and O–H groups in total. The first-order valence-electron chi connectivity index (χ1n) is 9.21. The van der Waals surface area contributed by atoms with Gasteiger partial charge in [-0.05, 0) is 61.6 Å². The van der Waals surface area contributed by atoms with Gasteiger partial charge < -0.3 is 9.88 Å². The molecule has 0 aliphatic carbocycles. The van der Waals surface area contributed by atoms with E-state index in [4.69, 9.17) is 0 Å². The standard InChI is InChI=1S/C23H26N2/c1-3-5-10-19-14-15-23-20(17-19)18-22(25(23)4-2)13-9-16-24-21-11-7-6-8-12-21/h6-8,11-12,14-15,17-18,24H,3-5,10,16H2,1-2H3. The number of nitrogens with zero attached hydrogens (tertiary/aromatic N) is 1. The summed E-state index contributed by atoms with van der Waals surface area (Å²) in [6, 6.07) is 19.3. The molecule has 3 rings (SSSR count). The molecule has 2 aromatic carbocycles. The van der Waals surface area contributed by atoms with Crippen LogP contribution in [0.25, 0.3) is 10.9 Å². The van der Waals surface area contributed by atoms with Crippen LogP contribution in [0.4, 0.5) is 5.69 Å². The molecule has 0 aliphatic heterocycles. The van der Waals surface area contributed by atoms with Crippen molar-refractivity contribution in [1.82, 2.24) is 4.57 Å². The molecular weight excluding hydrogens is 304 g/mol. The van der Waals surface area contributed by atoms with Crippen LogP contribution in [0.15, 0.2) is 54.6 Å². The van der Waals surface area contributed by atoms with E-state index < -0.39 is 0 Å². The Hall–Kier alpha value is -2.66. The zero-order valence-electron chi connectivity index (χ0n) is 15.2. The third-order valence-electron chi connectivity index (χ3n) is 4.47. The number of benzene rings is 2. The van der Waals surface area contributed by atoms with Crippen LogP contribution in [0.1, 0.15) is 37.9 Å². The number of unbranched alkanes of at least 4 members (excludes halogenated alkanes) is 1. The van der Waals surface area contributed by atoms with E-state index in [0.29, 0.717) is 6.54 Å². The van der Waals surface area contributed by atoms with Crippen molar-refractivity contribution in [3.8, 4) is 11.8 Å². The van der Waals surface area contributed by atoms with Crippen LogP contribution in [0.2, 0.25) is 0 Å². The minimum absolute atomic E-state index is 0.650. The predicted molar refractivity (Wildman–Crippen MR) is 108 cm³/mol. The van der Waals surface area contributed by atoms with Crippen molar-refractivity contribution in [2.24, 2.45) is 0 Å². The van der Waals surface area contributed by atoms with Gasteiger partial charge in [-0.3, -0.25) is 0 Å². The number of hydrogen-bond acceptors (Lipinski definition) is 1. The second-order valence-electron chi connectivity index (χ2n) is 6.29. The molecule has 1 heterocycles. The van der Waals surface area contributed by atoms with Gasteiger partial charge in [-0.1, -0.05) is 43.5 Å². The van der Waals surface area contributed by atoms with Gasteiger partial charge in [0.25, 0.3) is 0 Å². The summed E-state index contributed by atoms with van der Waals surface area (Å²) in [6.45, 7) is 6.01. The number of aromatic nitrogens is 1. The van der Waals surface area contributed by atoms with Crippen molar-refractivity contribution >= 4 is 16.6 Å². The maximum atomic E-state index is 3.34. The highest BCUT2D eigenvalue weighted by atomic mass is 15.0. The van der Waals surface area contributed by atoms with E-state index in [0.717, 1.165) is 24.3 Å². The molecule has 2 heteroatoms. The summed E-state index contributed by atoms with van der Waals surface area (Å²) in [4.78, 5) is 0. The molecule has 0 amide bonds. The maximum absolute atomic E-state index is 3.34. The van der Waals surface area contributed by atoms with Gasteiger partial charge in [0.15, 0.2) is 0 Å². The third-order valence-corrected chi connectivity index (χ3v) is 4.47. The van der Waals surface area contributed by atoms with E-state index in [-0.39, 0.29) is 0 Å². The minimum Gasteiger partial charge on any atom is -0.374 e. The lowest BCUT2D eigenvalue weighted by molar-refractivity contribution is 0.785. The van der Waals surface area contributed by atoms with Crippen molar-refractivity contribution < 1.29 is 0 Å². The smallest absolute Gasteiger partial charge is 0.0931 e. The predicted octanol–water partition coefficient (Wildman–Crippen LogP) is 5.47. The lowest BCUT2D eigenvalue weighted by Crippen LogP contribution is -2.00. The zero-order chi connectivity index (χ0) is 17.5. The Kier molecular flexibility index (Phi) is 5.80. The van der Waals surface area contributed by atoms with Gasteiger partial charge in [-0.25, -0.2) is 0 Å². The SMILES string of the molecule is CCCCc1ccc2c(c1)cc(C#CCNc1ccccc1)n2CC. The summed E-state index contributed by atoms with van der Waals surface area (Å²) < 4.78 is 2.30. The van der Waals surface area contributed by atoms with Crippen molar-refractivity contribution in [3.05, 3.63) is 65.9 Å². The topological polar surface area (TPSA) is 17.0 Å². The first-order chi connectivity index (χ1) is 12.3. The van der Waals surface area contributed by atoms with Gasteiger partial charge in [-0.2, -0.15) is 0 Å². The summed E-state index contributed by atoms with van der Waals surface area (Å²) in [5.74, 6) is 6.59. The quantitative estimate of drug-likeness (QED) is 0.593. The summed E-state index contributed by atoms with van der Waals surface area (Å²) in [7, 11) is 0. The number of aryl methyl sites for hydroxylation is 2. The summed E-state index contributed by atoms with van der Waals surface area (Å²) >= 11 is 0. The zero-order valence-corrected chi connectivity index (χ0v) is 15.2. The Morgan fingerprint density at radius 2 is 1.84 bits per heavy atom. The van der Waals surface area contributed by atoms with E-state index in [1.807, 2.05) is 18.2 Å². The molecule has 0 unspecified atom stereocenters. The van der Waals surface area contributed by atoms with E-state index in [1.54, 1.807) is 0 Å². The molecule has 1 aromatic heterocycles. The Morgan fingerprint density at radius 3 is 2.60 bits per heavy atom. The number of rotatable bonds is 6. The molecule has 0 atom stereocenters. The van der Waals surface area contributed by atoms with Crippen LogP contribution in [0.5, 0.6) is 0 Å². The van der Waals surface area contributed by atoms with Crippen molar-refractivity contribution in [3.63, 3.8) is 0 Å². The van der Waals surface area contributed by atoms with Crippen LogP contribution in [-0.4, -0.2) is 11.1 Å². The molecule has 25 heavy (non-hydrogen) atoms. The molecular formula is C23H26N2. The van der Waals surface area contributed by atoms with Crippen molar-refractivity contribution in [1.29, 1.82) is 0 Å². The molecule has 0 saturated heterocycles. The van der Waals surface area contributed by atoms with Gasteiger partial charge in [0.05, 0.1) is 12.2 Å². The average Bonchev–Trinajstić information content (AvgIpc) is 3.01. The number of hydrogen-bond donors (Lipinski definition) is 1. The number of anilines is 1. The Morgan fingerprint density at radius 1 is 1.00 bits per heavy atom. The van der Waals surface area contributed by atoms with E-state index >= 15 is 0 Å². The third kappa shape index (κ3) is 4.25. The molecule has 0 spiro atoms. The van der Waals surface area contributed by atoms with Crippen LogP contribution in [-0.2, 0) is 13.0 Å². The fourth-order valence-electron chi connectivity index (χ4n) is 3.14. The normalized spacial score (nSPS) is 10.5. The summed E-state index contributed by atoms with van der Waals surface area (Å²) in [5.41, 5.74) is 4.91. The highest BCUT2D eigenvalue weighted by Crippen LogP contribution is 2.22. The molecule has 0 saturated carbocycles. The minimum atomic E-state index is 0.650. The van der Waals surface area contributed by atoms with E-state index in [1.165, 1.54) is 29.3 Å². The highest BCUT2D eigenvalue weighted by molar-refractivity contribution is 5.83. The highest BCUT2D eigenvalue weighted by Gasteiger charge is 2.06. The van der Waals surface area contributed by atoms with Gasteiger partial charge in [0, 0.05) is 23.1 Å². The Bertz CT molecular complexity index is 879. The molecule has 0 radical (unpaired) electrons. The van der Waals surface area contributed by atoms with Crippen LogP contribution >= 0.6 is 0 Å². The lowest BCUT2D eigenvalue weighted by atomic mass is 10.1. The Balaban J connectivity index is 1.77. The first kappa shape index (κ1) is 17.2. The van der Waals surface area contributed by atoms with E-state index in [2.05, 4.69) is 72.0 Å². The second kappa shape index (κ2) is 8.44. The Labute approximate surface area is 150 Å². The lowest BCUT2D eigenvalue weighted by Gasteiger charge is -2.04. The molecule has 0 aliphatic rings. The van der Waals surface area contributed by atoms with Gasteiger partial charge in [0.2, 0.25) is 0 Å². The van der Waals surface area contributed by atoms with Gasteiger partial charge in [-0.15, -0.1) is 0 Å². The second-order valence-corrected chi connectivity index (χ2v) is 6.29. The summed E-state index contributed by atoms with van der Waals surface area (Å²) in [6.07, 6.45) is 3.64. The molecule has 2 nitrogen and oxygen atoms in total. The monoisotopic (exact) mass is 330 g/mol. The molecule has 0 bridgehead atoms. The van der Waals surface area contributed by atoms with E-state index in [9.17, 15) is 0 Å². The van der Waals surface area contributed by atoms with Crippen molar-refractivity contribution in [2.45, 2.75) is 39.7 Å². The molecule has 128 valence electrons. The fourth-order valence-corrected chi connectivity index (χ4v) is 3.14. The maximum Gasteiger partial charge on any atom is 0.0931 e. The first-order valence-corrected chi connectivity index (χ1v) is 9.21. The molecule has 3 aromatic rings. The largest absolute Gasteiger partial charge is 0.374 e. The number of para-hydroxylation sites is 1. The number of nitrogens with one attached hydrogen (secondary N) is 1.